The minimum absolute atomic E-state index is 0.227. The fraction of sp³-hybridized carbons (Fsp3) is 0.0714. The molecule has 0 bridgehead atoms. The highest BCUT2D eigenvalue weighted by Gasteiger charge is 2.04. The molecule has 0 aromatic heterocycles. The highest BCUT2D eigenvalue weighted by Crippen LogP contribution is 2.27. The molecular weight excluding hydrogens is 216 g/mol. The van der Waals surface area contributed by atoms with Gasteiger partial charge in [-0.2, -0.15) is 0 Å². The second-order valence-electron chi connectivity index (χ2n) is 3.77. The maximum absolute atomic E-state index is 11.0. The number of carbonyl (C=O) groups is 1. The molecule has 2 rings (SSSR count). The van der Waals surface area contributed by atoms with Crippen LogP contribution in [0.15, 0.2) is 43.0 Å². The second-order valence-corrected chi connectivity index (χ2v) is 3.77. The molecule has 0 spiro atoms. The number of aromatic hydroxyl groups is 1. The molecule has 0 saturated heterocycles. The lowest BCUT2D eigenvalue weighted by Crippen LogP contribution is -2.02. The van der Waals surface area contributed by atoms with Gasteiger partial charge in [-0.3, -0.25) is 0 Å². The lowest BCUT2D eigenvalue weighted by Gasteiger charge is -2.05. The Kier molecular flexibility index (Phi) is 2.83. The topological polar surface area (TPSA) is 46.5 Å². The number of benzene rings is 2. The van der Waals surface area contributed by atoms with Crippen LogP contribution in [0.4, 0.5) is 0 Å². The van der Waals surface area contributed by atoms with Crippen LogP contribution in [0.2, 0.25) is 0 Å². The number of esters is 1. The summed E-state index contributed by atoms with van der Waals surface area (Å²) in [6.45, 7) is 5.16. The number of fused-ring (bicyclic) bond motifs is 1. The Balaban J connectivity index is 2.46. The average Bonchev–Trinajstić information content (AvgIpc) is 2.31. The van der Waals surface area contributed by atoms with E-state index in [1.165, 1.54) is 0 Å². The maximum atomic E-state index is 11.0. The van der Waals surface area contributed by atoms with Crippen molar-refractivity contribution in [2.24, 2.45) is 0 Å². The summed E-state index contributed by atoms with van der Waals surface area (Å²) in [6, 6.07) is 8.78. The van der Waals surface area contributed by atoms with Gasteiger partial charge in [-0.05, 0) is 47.5 Å². The summed E-state index contributed by atoms with van der Waals surface area (Å²) in [5, 5.41) is 11.4. The fourth-order valence-corrected chi connectivity index (χ4v) is 1.60. The van der Waals surface area contributed by atoms with E-state index in [0.717, 1.165) is 22.4 Å². The number of carbonyl (C=O) groups excluding carboxylic acids is 1. The van der Waals surface area contributed by atoms with Gasteiger partial charge in [0.05, 0.1) is 0 Å². The van der Waals surface area contributed by atoms with Gasteiger partial charge in [-0.1, -0.05) is 12.6 Å². The van der Waals surface area contributed by atoms with E-state index >= 15 is 0 Å². The molecule has 0 atom stereocenters. The zero-order chi connectivity index (χ0) is 12.4. The summed E-state index contributed by atoms with van der Waals surface area (Å²) in [5.74, 6) is 0.163. The Labute approximate surface area is 99.0 Å². The van der Waals surface area contributed by atoms with E-state index in [9.17, 15) is 9.90 Å². The molecule has 0 amide bonds. The summed E-state index contributed by atoms with van der Waals surface area (Å²) in [6.07, 6.45) is 1.11. The van der Waals surface area contributed by atoms with E-state index in [1.807, 2.05) is 19.1 Å². The third-order valence-corrected chi connectivity index (χ3v) is 2.51. The number of ether oxygens (including phenoxy) is 1. The molecule has 3 heteroatoms. The molecule has 0 aliphatic heterocycles. The normalized spacial score (nSPS) is 10.2. The lowest BCUT2D eigenvalue weighted by atomic mass is 10.1. The van der Waals surface area contributed by atoms with Crippen molar-refractivity contribution in [3.05, 3.63) is 48.6 Å². The Hall–Kier alpha value is -2.29. The van der Waals surface area contributed by atoms with E-state index in [2.05, 4.69) is 6.58 Å². The van der Waals surface area contributed by atoms with Gasteiger partial charge < -0.3 is 9.84 Å². The predicted octanol–water partition coefficient (Wildman–Crippen LogP) is 2.95. The molecule has 2 aromatic carbocycles. The molecule has 17 heavy (non-hydrogen) atoms. The molecule has 86 valence electrons. The number of phenols is 1. The van der Waals surface area contributed by atoms with Crippen molar-refractivity contribution in [2.45, 2.75) is 6.92 Å². The molecule has 2 aromatic rings. The number of aryl methyl sites for hydroxylation is 1. The van der Waals surface area contributed by atoms with Crippen molar-refractivity contribution in [2.75, 3.05) is 0 Å². The van der Waals surface area contributed by atoms with Gasteiger partial charge in [0.1, 0.15) is 11.5 Å². The van der Waals surface area contributed by atoms with Crippen LogP contribution in [0.25, 0.3) is 10.8 Å². The molecule has 0 fully saturated rings. The summed E-state index contributed by atoms with van der Waals surface area (Å²) in [7, 11) is 0. The van der Waals surface area contributed by atoms with Crippen LogP contribution in [0, 0.1) is 6.92 Å². The average molecular weight is 228 g/mol. The molecule has 0 aliphatic rings. The summed E-state index contributed by atoms with van der Waals surface area (Å²) in [5.41, 5.74) is 0.813. The molecule has 0 aliphatic carbocycles. The Morgan fingerprint density at radius 1 is 1.29 bits per heavy atom. The minimum Gasteiger partial charge on any atom is -0.508 e. The quantitative estimate of drug-likeness (QED) is 0.488. The number of rotatable bonds is 2. The number of phenolic OH excluding ortho intramolecular Hbond substituents is 1. The van der Waals surface area contributed by atoms with Gasteiger partial charge >= 0.3 is 5.97 Å². The Morgan fingerprint density at radius 3 is 2.76 bits per heavy atom. The van der Waals surface area contributed by atoms with Crippen molar-refractivity contribution in [3.63, 3.8) is 0 Å². The SMILES string of the molecule is C=CC(=O)Oc1ccc2cc(C)c(O)cc2c1. The third kappa shape index (κ3) is 2.28. The first kappa shape index (κ1) is 11.2. The van der Waals surface area contributed by atoms with Crippen LogP contribution >= 0.6 is 0 Å². The van der Waals surface area contributed by atoms with Gasteiger partial charge in [0.15, 0.2) is 0 Å². The molecule has 0 heterocycles. The van der Waals surface area contributed by atoms with Crippen LogP contribution in [0.3, 0.4) is 0 Å². The monoisotopic (exact) mass is 228 g/mol. The van der Waals surface area contributed by atoms with Gasteiger partial charge in [0, 0.05) is 6.08 Å². The molecule has 0 saturated carbocycles. The maximum Gasteiger partial charge on any atom is 0.335 e. The number of hydrogen-bond acceptors (Lipinski definition) is 3. The predicted molar refractivity (Wildman–Crippen MR) is 66.2 cm³/mol. The zero-order valence-corrected chi connectivity index (χ0v) is 9.43. The van der Waals surface area contributed by atoms with Gasteiger partial charge in [-0.15, -0.1) is 0 Å². The van der Waals surface area contributed by atoms with E-state index in [0.29, 0.717) is 5.75 Å². The van der Waals surface area contributed by atoms with E-state index in [-0.39, 0.29) is 5.75 Å². The van der Waals surface area contributed by atoms with Gasteiger partial charge in [-0.25, -0.2) is 4.79 Å². The van der Waals surface area contributed by atoms with Crippen molar-refractivity contribution in [3.8, 4) is 11.5 Å². The van der Waals surface area contributed by atoms with Crippen LogP contribution in [0.5, 0.6) is 11.5 Å². The van der Waals surface area contributed by atoms with Crippen molar-refractivity contribution in [1.82, 2.24) is 0 Å². The molecule has 0 radical (unpaired) electrons. The number of hydrogen-bond donors (Lipinski definition) is 1. The molecule has 0 unspecified atom stereocenters. The van der Waals surface area contributed by atoms with Crippen molar-refractivity contribution < 1.29 is 14.6 Å². The molecular formula is C14H12O3. The highest BCUT2D eigenvalue weighted by atomic mass is 16.5. The standard InChI is InChI=1S/C14H12O3/c1-3-14(16)17-12-5-4-10-6-9(2)13(15)8-11(10)7-12/h3-8,15H,1H2,2H3. The summed E-state index contributed by atoms with van der Waals surface area (Å²) >= 11 is 0. The minimum atomic E-state index is -0.499. The van der Waals surface area contributed by atoms with E-state index < -0.39 is 5.97 Å². The van der Waals surface area contributed by atoms with Crippen LogP contribution in [-0.4, -0.2) is 11.1 Å². The lowest BCUT2D eigenvalue weighted by molar-refractivity contribution is -0.128. The first-order chi connectivity index (χ1) is 8.10. The first-order valence-electron chi connectivity index (χ1n) is 5.18. The summed E-state index contributed by atoms with van der Waals surface area (Å²) in [4.78, 5) is 11.0. The largest absolute Gasteiger partial charge is 0.508 e. The fourth-order valence-electron chi connectivity index (χ4n) is 1.60. The van der Waals surface area contributed by atoms with E-state index in [1.54, 1.807) is 18.2 Å². The van der Waals surface area contributed by atoms with Gasteiger partial charge in [0.2, 0.25) is 0 Å². The van der Waals surface area contributed by atoms with Gasteiger partial charge in [0.25, 0.3) is 0 Å². The Morgan fingerprint density at radius 2 is 2.06 bits per heavy atom. The summed E-state index contributed by atoms with van der Waals surface area (Å²) < 4.78 is 5.00. The third-order valence-electron chi connectivity index (χ3n) is 2.51. The van der Waals surface area contributed by atoms with Crippen molar-refractivity contribution in [1.29, 1.82) is 0 Å². The molecule has 3 nitrogen and oxygen atoms in total. The smallest absolute Gasteiger partial charge is 0.335 e. The van der Waals surface area contributed by atoms with Crippen LogP contribution in [0.1, 0.15) is 5.56 Å². The first-order valence-corrected chi connectivity index (χ1v) is 5.18. The van der Waals surface area contributed by atoms with E-state index in [4.69, 9.17) is 4.74 Å². The van der Waals surface area contributed by atoms with Crippen molar-refractivity contribution >= 4 is 16.7 Å². The second kappa shape index (κ2) is 4.29. The zero-order valence-electron chi connectivity index (χ0n) is 9.43. The van der Waals surface area contributed by atoms with Crippen LogP contribution < -0.4 is 4.74 Å². The highest BCUT2D eigenvalue weighted by molar-refractivity contribution is 5.88. The molecule has 1 N–H and O–H groups in total. The Bertz CT molecular complexity index is 600. The van der Waals surface area contributed by atoms with Crippen LogP contribution in [-0.2, 0) is 4.79 Å².